The van der Waals surface area contributed by atoms with Gasteiger partial charge >= 0.3 is 6.03 Å². The lowest BCUT2D eigenvalue weighted by Gasteiger charge is -2.00. The number of nitrogens with one attached hydrogen (secondary N) is 2. The molecule has 2 amide bonds. The van der Waals surface area contributed by atoms with Gasteiger partial charge in [-0.2, -0.15) is 4.98 Å². The van der Waals surface area contributed by atoms with E-state index < -0.39 is 0 Å². The van der Waals surface area contributed by atoms with E-state index >= 15 is 0 Å². The Morgan fingerprint density at radius 3 is 3.25 bits per heavy atom. The monoisotopic (exact) mass is 167 g/mol. The number of anilines is 1. The standard InChI is InChI=1S/C7H9N3O2/c1-2-3-8-7(11)10-6-4-12-5-9-6/h2,4-5H,1,3H2,(H2,8,10,11). The second-order valence-electron chi connectivity index (χ2n) is 2.00. The zero-order valence-corrected chi connectivity index (χ0v) is 6.41. The van der Waals surface area contributed by atoms with Gasteiger partial charge in [0.25, 0.3) is 0 Å². The van der Waals surface area contributed by atoms with Crippen LogP contribution in [0.15, 0.2) is 29.7 Å². The summed E-state index contributed by atoms with van der Waals surface area (Å²) in [6.07, 6.45) is 4.17. The number of rotatable bonds is 3. The molecule has 1 aromatic rings. The third-order valence-corrected chi connectivity index (χ3v) is 1.08. The summed E-state index contributed by atoms with van der Waals surface area (Å²) in [6.45, 7) is 3.87. The van der Waals surface area contributed by atoms with Crippen LogP contribution in [0.2, 0.25) is 0 Å². The minimum Gasteiger partial charge on any atom is -0.449 e. The summed E-state index contributed by atoms with van der Waals surface area (Å²) in [5.74, 6) is 0.386. The SMILES string of the molecule is C=CCNC(=O)Nc1cocn1. The van der Waals surface area contributed by atoms with Gasteiger partial charge in [0.1, 0.15) is 6.26 Å². The second-order valence-corrected chi connectivity index (χ2v) is 2.00. The Hall–Kier alpha value is -1.78. The van der Waals surface area contributed by atoms with Gasteiger partial charge in [0.15, 0.2) is 12.2 Å². The molecular weight excluding hydrogens is 158 g/mol. The van der Waals surface area contributed by atoms with Crippen molar-refractivity contribution >= 4 is 11.8 Å². The van der Waals surface area contributed by atoms with Gasteiger partial charge in [-0.1, -0.05) is 6.08 Å². The smallest absolute Gasteiger partial charge is 0.320 e. The highest BCUT2D eigenvalue weighted by molar-refractivity contribution is 5.87. The van der Waals surface area contributed by atoms with Crippen molar-refractivity contribution in [3.63, 3.8) is 0 Å². The van der Waals surface area contributed by atoms with Crippen LogP contribution in [0.5, 0.6) is 0 Å². The summed E-state index contributed by atoms with van der Waals surface area (Å²) < 4.78 is 4.65. The lowest BCUT2D eigenvalue weighted by Crippen LogP contribution is -2.28. The van der Waals surface area contributed by atoms with Crippen molar-refractivity contribution < 1.29 is 9.21 Å². The number of urea groups is 1. The van der Waals surface area contributed by atoms with E-state index in [4.69, 9.17) is 0 Å². The summed E-state index contributed by atoms with van der Waals surface area (Å²) in [5.41, 5.74) is 0. The van der Waals surface area contributed by atoms with Crippen molar-refractivity contribution in [1.29, 1.82) is 0 Å². The van der Waals surface area contributed by atoms with E-state index in [1.807, 2.05) is 0 Å². The highest BCUT2D eigenvalue weighted by Crippen LogP contribution is 1.99. The largest absolute Gasteiger partial charge is 0.449 e. The molecular formula is C7H9N3O2. The van der Waals surface area contributed by atoms with Crippen molar-refractivity contribution in [3.05, 3.63) is 25.3 Å². The number of oxazole rings is 1. The van der Waals surface area contributed by atoms with Crippen LogP contribution in [0.25, 0.3) is 0 Å². The van der Waals surface area contributed by atoms with Gasteiger partial charge in [0, 0.05) is 6.54 Å². The van der Waals surface area contributed by atoms with Crippen LogP contribution in [0, 0.1) is 0 Å². The van der Waals surface area contributed by atoms with E-state index in [0.29, 0.717) is 12.4 Å². The van der Waals surface area contributed by atoms with E-state index in [2.05, 4.69) is 26.6 Å². The van der Waals surface area contributed by atoms with E-state index in [-0.39, 0.29) is 6.03 Å². The van der Waals surface area contributed by atoms with Crippen LogP contribution in [0.4, 0.5) is 10.6 Å². The Balaban J connectivity index is 2.32. The van der Waals surface area contributed by atoms with Crippen LogP contribution < -0.4 is 10.6 Å². The second kappa shape index (κ2) is 4.17. The maximum Gasteiger partial charge on any atom is 0.320 e. The lowest BCUT2D eigenvalue weighted by molar-refractivity contribution is 0.253. The summed E-state index contributed by atoms with van der Waals surface area (Å²) in [7, 11) is 0. The number of nitrogens with zero attached hydrogens (tertiary/aromatic N) is 1. The quantitative estimate of drug-likeness (QED) is 0.659. The molecule has 12 heavy (non-hydrogen) atoms. The van der Waals surface area contributed by atoms with Crippen molar-refractivity contribution in [2.75, 3.05) is 11.9 Å². The molecule has 0 aromatic carbocycles. The van der Waals surface area contributed by atoms with Crippen LogP contribution in [-0.2, 0) is 0 Å². The molecule has 0 radical (unpaired) electrons. The number of hydrogen-bond acceptors (Lipinski definition) is 3. The van der Waals surface area contributed by atoms with Crippen molar-refractivity contribution in [3.8, 4) is 0 Å². The minimum atomic E-state index is -0.330. The fraction of sp³-hybridized carbons (Fsp3) is 0.143. The number of carbonyl (C=O) groups excluding carboxylic acids is 1. The molecule has 0 atom stereocenters. The van der Waals surface area contributed by atoms with Gasteiger partial charge in [-0.05, 0) is 0 Å². The summed E-state index contributed by atoms with van der Waals surface area (Å²) >= 11 is 0. The zero-order valence-electron chi connectivity index (χ0n) is 6.41. The molecule has 0 aliphatic rings. The molecule has 0 fully saturated rings. The molecule has 0 aliphatic carbocycles. The van der Waals surface area contributed by atoms with E-state index in [1.54, 1.807) is 6.08 Å². The van der Waals surface area contributed by atoms with Crippen molar-refractivity contribution in [2.24, 2.45) is 0 Å². The molecule has 2 N–H and O–H groups in total. The maximum absolute atomic E-state index is 10.9. The Kier molecular flexibility index (Phi) is 2.89. The lowest BCUT2D eigenvalue weighted by atomic mass is 10.6. The predicted octanol–water partition coefficient (Wildman–Crippen LogP) is 0.982. The molecule has 0 aliphatic heterocycles. The molecule has 5 nitrogen and oxygen atoms in total. The van der Waals surface area contributed by atoms with Crippen molar-refractivity contribution in [1.82, 2.24) is 10.3 Å². The molecule has 1 aromatic heterocycles. The van der Waals surface area contributed by atoms with Crippen LogP contribution in [0.1, 0.15) is 0 Å². The van der Waals surface area contributed by atoms with Gasteiger partial charge < -0.3 is 9.73 Å². The first-order valence-corrected chi connectivity index (χ1v) is 3.37. The Labute approximate surface area is 69.5 Å². The minimum absolute atomic E-state index is 0.330. The van der Waals surface area contributed by atoms with Gasteiger partial charge in [0.2, 0.25) is 0 Å². The van der Waals surface area contributed by atoms with E-state index in [9.17, 15) is 4.79 Å². The molecule has 0 spiro atoms. The molecule has 1 heterocycles. The summed E-state index contributed by atoms with van der Waals surface area (Å²) in [4.78, 5) is 14.6. The van der Waals surface area contributed by atoms with Gasteiger partial charge in [-0.3, -0.25) is 5.32 Å². The van der Waals surface area contributed by atoms with Gasteiger partial charge in [-0.25, -0.2) is 4.79 Å². The van der Waals surface area contributed by atoms with E-state index in [0.717, 1.165) is 0 Å². The Bertz CT molecular complexity index is 256. The highest BCUT2D eigenvalue weighted by atomic mass is 16.3. The summed E-state index contributed by atoms with van der Waals surface area (Å²) in [5, 5.41) is 4.97. The molecule has 0 saturated carbocycles. The molecule has 1 rings (SSSR count). The first-order chi connectivity index (χ1) is 5.83. The first kappa shape index (κ1) is 8.32. The Morgan fingerprint density at radius 1 is 1.83 bits per heavy atom. The molecule has 0 unspecified atom stereocenters. The fourth-order valence-corrected chi connectivity index (χ4v) is 0.600. The third-order valence-electron chi connectivity index (χ3n) is 1.08. The number of carbonyl (C=O) groups is 1. The summed E-state index contributed by atoms with van der Waals surface area (Å²) in [6, 6.07) is -0.330. The number of aromatic nitrogens is 1. The van der Waals surface area contributed by atoms with Crippen LogP contribution >= 0.6 is 0 Å². The third kappa shape index (κ3) is 2.45. The molecule has 0 saturated heterocycles. The van der Waals surface area contributed by atoms with Crippen LogP contribution in [0.3, 0.4) is 0 Å². The molecule has 5 heteroatoms. The predicted molar refractivity (Wildman–Crippen MR) is 43.7 cm³/mol. The topological polar surface area (TPSA) is 67.2 Å². The zero-order chi connectivity index (χ0) is 8.81. The number of hydrogen-bond donors (Lipinski definition) is 2. The average molecular weight is 167 g/mol. The average Bonchev–Trinajstić information content (AvgIpc) is 2.53. The normalized spacial score (nSPS) is 9.00. The van der Waals surface area contributed by atoms with E-state index in [1.165, 1.54) is 12.7 Å². The van der Waals surface area contributed by atoms with Crippen molar-refractivity contribution in [2.45, 2.75) is 0 Å². The fourth-order valence-electron chi connectivity index (χ4n) is 0.600. The Morgan fingerprint density at radius 2 is 2.67 bits per heavy atom. The molecule has 0 bridgehead atoms. The van der Waals surface area contributed by atoms with Gasteiger partial charge in [0.05, 0.1) is 0 Å². The van der Waals surface area contributed by atoms with Crippen LogP contribution in [-0.4, -0.2) is 17.6 Å². The maximum atomic E-state index is 10.9. The first-order valence-electron chi connectivity index (χ1n) is 3.37. The highest BCUT2D eigenvalue weighted by Gasteiger charge is 2.00. The molecule has 64 valence electrons. The number of amides is 2. The van der Waals surface area contributed by atoms with Gasteiger partial charge in [-0.15, -0.1) is 6.58 Å².